The summed E-state index contributed by atoms with van der Waals surface area (Å²) in [4.78, 5) is 8.10. The minimum Gasteiger partial charge on any atom is -0.308 e. The molecule has 17 heavy (non-hydrogen) atoms. The van der Waals surface area contributed by atoms with Crippen LogP contribution in [0.3, 0.4) is 0 Å². The van der Waals surface area contributed by atoms with Gasteiger partial charge in [0.2, 0.25) is 0 Å². The van der Waals surface area contributed by atoms with Crippen LogP contribution in [0.5, 0.6) is 0 Å². The normalized spacial score (nSPS) is 12.6. The Balaban J connectivity index is 2.45. The molecule has 2 rings (SSSR count). The van der Waals surface area contributed by atoms with Crippen LogP contribution in [0.2, 0.25) is 0 Å². The molecule has 0 saturated heterocycles. The second kappa shape index (κ2) is 5.37. The smallest absolute Gasteiger partial charge is 0.115 e. The van der Waals surface area contributed by atoms with Crippen molar-refractivity contribution in [1.29, 1.82) is 0 Å². The van der Waals surface area contributed by atoms with Crippen LogP contribution in [0, 0.1) is 0 Å². The number of aryl methyl sites for hydroxylation is 1. The van der Waals surface area contributed by atoms with E-state index in [9.17, 15) is 0 Å². The highest BCUT2D eigenvalue weighted by Gasteiger charge is 2.20. The van der Waals surface area contributed by atoms with Gasteiger partial charge in [-0.25, -0.2) is 9.97 Å². The summed E-state index contributed by atoms with van der Waals surface area (Å²) < 4.78 is 2.95. The average molecular weight is 296 g/mol. The molecule has 2 heterocycles. The molecular weight excluding hydrogens is 282 g/mol. The van der Waals surface area contributed by atoms with Crippen molar-refractivity contribution in [3.8, 4) is 0 Å². The summed E-state index contributed by atoms with van der Waals surface area (Å²) in [7, 11) is 1.91. The molecule has 0 aromatic carbocycles. The van der Waals surface area contributed by atoms with Gasteiger partial charge in [-0.05, 0) is 29.9 Å². The fourth-order valence-electron chi connectivity index (χ4n) is 1.83. The summed E-state index contributed by atoms with van der Waals surface area (Å²) in [6, 6.07) is 0.0352. The molecule has 0 aliphatic carbocycles. The van der Waals surface area contributed by atoms with E-state index >= 15 is 0 Å². The molecule has 0 aliphatic heterocycles. The predicted octanol–water partition coefficient (Wildman–Crippen LogP) is 1.76. The lowest BCUT2D eigenvalue weighted by Crippen LogP contribution is -2.22. The second-order valence-corrected chi connectivity index (χ2v) is 4.44. The van der Waals surface area contributed by atoms with Gasteiger partial charge in [0.15, 0.2) is 0 Å². The predicted molar refractivity (Wildman–Crippen MR) is 68.5 cm³/mol. The molecule has 2 aromatic rings. The molecule has 1 unspecified atom stereocenters. The minimum absolute atomic E-state index is 0.0352. The molecule has 1 N–H and O–H groups in total. The summed E-state index contributed by atoms with van der Waals surface area (Å²) in [5, 5.41) is 7.58. The summed E-state index contributed by atoms with van der Waals surface area (Å²) in [6.45, 7) is 2.89. The SMILES string of the molecule is CCn1ncc(Br)c1C(NC)c1cncnc1. The van der Waals surface area contributed by atoms with Crippen LogP contribution in [-0.4, -0.2) is 26.8 Å². The molecule has 0 aliphatic rings. The van der Waals surface area contributed by atoms with E-state index in [1.807, 2.05) is 30.3 Å². The Kier molecular flexibility index (Phi) is 3.86. The molecule has 0 bridgehead atoms. The molecule has 2 aromatic heterocycles. The number of hydrogen-bond donors (Lipinski definition) is 1. The van der Waals surface area contributed by atoms with Crippen LogP contribution in [-0.2, 0) is 6.54 Å². The van der Waals surface area contributed by atoms with E-state index in [4.69, 9.17) is 0 Å². The van der Waals surface area contributed by atoms with E-state index in [1.165, 1.54) is 6.33 Å². The molecule has 0 spiro atoms. The van der Waals surface area contributed by atoms with E-state index in [0.29, 0.717) is 0 Å². The lowest BCUT2D eigenvalue weighted by Gasteiger charge is -2.17. The van der Waals surface area contributed by atoms with Gasteiger partial charge in [0, 0.05) is 24.5 Å². The Labute approximate surface area is 108 Å². The highest BCUT2D eigenvalue weighted by molar-refractivity contribution is 9.10. The third-order valence-electron chi connectivity index (χ3n) is 2.61. The van der Waals surface area contributed by atoms with Crippen molar-refractivity contribution in [1.82, 2.24) is 25.1 Å². The monoisotopic (exact) mass is 295 g/mol. The van der Waals surface area contributed by atoms with Crippen molar-refractivity contribution in [3.05, 3.63) is 40.6 Å². The van der Waals surface area contributed by atoms with Gasteiger partial charge in [0.1, 0.15) is 6.33 Å². The Morgan fingerprint density at radius 2 is 2.06 bits per heavy atom. The molecular formula is C11H14BrN5. The third-order valence-corrected chi connectivity index (χ3v) is 3.22. The van der Waals surface area contributed by atoms with Gasteiger partial charge in [-0.3, -0.25) is 4.68 Å². The van der Waals surface area contributed by atoms with Crippen molar-refractivity contribution in [2.45, 2.75) is 19.5 Å². The van der Waals surface area contributed by atoms with Crippen LogP contribution in [0.25, 0.3) is 0 Å². The lowest BCUT2D eigenvalue weighted by molar-refractivity contribution is 0.559. The van der Waals surface area contributed by atoms with Crippen molar-refractivity contribution >= 4 is 15.9 Å². The van der Waals surface area contributed by atoms with Gasteiger partial charge in [0.25, 0.3) is 0 Å². The van der Waals surface area contributed by atoms with Gasteiger partial charge >= 0.3 is 0 Å². The molecule has 0 amide bonds. The molecule has 5 nitrogen and oxygen atoms in total. The fraction of sp³-hybridized carbons (Fsp3) is 0.364. The number of hydrogen-bond acceptors (Lipinski definition) is 4. The first-order valence-electron chi connectivity index (χ1n) is 5.41. The topological polar surface area (TPSA) is 55.6 Å². The van der Waals surface area contributed by atoms with Crippen LogP contribution >= 0.6 is 15.9 Å². The van der Waals surface area contributed by atoms with Crippen LogP contribution in [0.1, 0.15) is 24.2 Å². The molecule has 0 saturated carbocycles. The van der Waals surface area contributed by atoms with Crippen molar-refractivity contribution < 1.29 is 0 Å². The number of rotatable bonds is 4. The first kappa shape index (κ1) is 12.2. The molecule has 0 radical (unpaired) electrons. The average Bonchev–Trinajstić information content (AvgIpc) is 2.74. The van der Waals surface area contributed by atoms with Gasteiger partial charge < -0.3 is 5.32 Å². The van der Waals surface area contributed by atoms with E-state index in [2.05, 4.69) is 43.2 Å². The first-order chi connectivity index (χ1) is 8.27. The number of nitrogens with one attached hydrogen (secondary N) is 1. The highest BCUT2D eigenvalue weighted by atomic mass is 79.9. The van der Waals surface area contributed by atoms with Crippen LogP contribution in [0.4, 0.5) is 0 Å². The van der Waals surface area contributed by atoms with Crippen LogP contribution < -0.4 is 5.32 Å². The molecule has 0 fully saturated rings. The quantitative estimate of drug-likeness (QED) is 0.934. The van der Waals surface area contributed by atoms with Gasteiger partial charge in [-0.2, -0.15) is 5.10 Å². The maximum absolute atomic E-state index is 4.32. The standard InChI is InChI=1S/C11H14BrN5/c1-3-17-11(9(12)6-16-17)10(13-2)8-4-14-7-15-5-8/h4-7,10,13H,3H2,1-2H3. The van der Waals surface area contributed by atoms with Gasteiger partial charge in [-0.15, -0.1) is 0 Å². The molecule has 6 heteroatoms. The van der Waals surface area contributed by atoms with Gasteiger partial charge in [0.05, 0.1) is 22.4 Å². The zero-order valence-corrected chi connectivity index (χ0v) is 11.3. The van der Waals surface area contributed by atoms with Crippen molar-refractivity contribution in [2.24, 2.45) is 0 Å². The largest absolute Gasteiger partial charge is 0.308 e. The number of nitrogens with zero attached hydrogens (tertiary/aromatic N) is 4. The fourth-order valence-corrected chi connectivity index (χ4v) is 2.36. The van der Waals surface area contributed by atoms with E-state index < -0.39 is 0 Å². The van der Waals surface area contributed by atoms with E-state index in [-0.39, 0.29) is 6.04 Å². The van der Waals surface area contributed by atoms with Crippen molar-refractivity contribution in [3.63, 3.8) is 0 Å². The Bertz CT molecular complexity index is 482. The maximum atomic E-state index is 4.32. The summed E-state index contributed by atoms with van der Waals surface area (Å²) in [5.41, 5.74) is 2.11. The summed E-state index contributed by atoms with van der Waals surface area (Å²) in [5.74, 6) is 0. The maximum Gasteiger partial charge on any atom is 0.115 e. The Hall–Kier alpha value is -1.27. The van der Waals surface area contributed by atoms with E-state index in [0.717, 1.165) is 22.3 Å². The molecule has 90 valence electrons. The Morgan fingerprint density at radius 3 is 2.65 bits per heavy atom. The number of halogens is 1. The highest BCUT2D eigenvalue weighted by Crippen LogP contribution is 2.27. The first-order valence-corrected chi connectivity index (χ1v) is 6.20. The van der Waals surface area contributed by atoms with Crippen molar-refractivity contribution in [2.75, 3.05) is 7.05 Å². The lowest BCUT2D eigenvalue weighted by atomic mass is 10.1. The molecule has 1 atom stereocenters. The third kappa shape index (κ3) is 2.37. The zero-order chi connectivity index (χ0) is 12.3. The zero-order valence-electron chi connectivity index (χ0n) is 9.76. The van der Waals surface area contributed by atoms with E-state index in [1.54, 1.807) is 0 Å². The Morgan fingerprint density at radius 1 is 1.35 bits per heavy atom. The van der Waals surface area contributed by atoms with Crippen LogP contribution in [0.15, 0.2) is 29.4 Å². The summed E-state index contributed by atoms with van der Waals surface area (Å²) >= 11 is 3.53. The second-order valence-electron chi connectivity index (χ2n) is 3.59. The number of aromatic nitrogens is 4. The van der Waals surface area contributed by atoms with Gasteiger partial charge in [-0.1, -0.05) is 0 Å². The minimum atomic E-state index is 0.0352. The summed E-state index contributed by atoms with van der Waals surface area (Å²) in [6.07, 6.45) is 6.97.